The zero-order valence-corrected chi connectivity index (χ0v) is 11.5. The van der Waals surface area contributed by atoms with E-state index in [4.69, 9.17) is 5.73 Å². The lowest BCUT2D eigenvalue weighted by Gasteiger charge is -2.36. The molecule has 1 saturated heterocycles. The zero-order chi connectivity index (χ0) is 13.0. The third-order valence-electron chi connectivity index (χ3n) is 3.36. The third-order valence-corrected chi connectivity index (χ3v) is 3.36. The summed E-state index contributed by atoms with van der Waals surface area (Å²) in [6.07, 6.45) is 1.88. The summed E-state index contributed by atoms with van der Waals surface area (Å²) in [7, 11) is 0. The van der Waals surface area contributed by atoms with Crippen LogP contribution < -0.4 is 10.6 Å². The van der Waals surface area contributed by atoms with E-state index in [2.05, 4.69) is 40.8 Å². The van der Waals surface area contributed by atoms with Gasteiger partial charge < -0.3 is 10.6 Å². The molecule has 2 heterocycles. The second kappa shape index (κ2) is 6.16. The van der Waals surface area contributed by atoms with E-state index >= 15 is 0 Å². The van der Waals surface area contributed by atoms with Crippen molar-refractivity contribution in [3.05, 3.63) is 23.9 Å². The molecule has 0 aromatic carbocycles. The first-order valence-electron chi connectivity index (χ1n) is 6.81. The fourth-order valence-corrected chi connectivity index (χ4v) is 2.40. The first-order chi connectivity index (χ1) is 8.69. The second-order valence-electron chi connectivity index (χ2n) is 5.41. The average molecular weight is 248 g/mol. The molecule has 0 spiro atoms. The van der Waals surface area contributed by atoms with Gasteiger partial charge in [-0.3, -0.25) is 4.90 Å². The largest absolute Gasteiger partial charge is 0.354 e. The molecule has 100 valence electrons. The maximum absolute atomic E-state index is 5.58. The summed E-state index contributed by atoms with van der Waals surface area (Å²) in [5.41, 5.74) is 6.68. The van der Waals surface area contributed by atoms with Crippen LogP contribution in [0.15, 0.2) is 18.3 Å². The van der Waals surface area contributed by atoms with Crippen LogP contribution >= 0.6 is 0 Å². The molecule has 1 fully saturated rings. The number of hydrogen-bond acceptors (Lipinski definition) is 4. The summed E-state index contributed by atoms with van der Waals surface area (Å²) >= 11 is 0. The van der Waals surface area contributed by atoms with Crippen LogP contribution in [0.1, 0.15) is 19.4 Å². The third kappa shape index (κ3) is 3.43. The van der Waals surface area contributed by atoms with Crippen LogP contribution in [0.5, 0.6) is 0 Å². The molecule has 0 saturated carbocycles. The molecule has 2 rings (SSSR count). The highest BCUT2D eigenvalue weighted by Gasteiger charge is 2.18. The molecule has 4 nitrogen and oxygen atoms in total. The van der Waals surface area contributed by atoms with Gasteiger partial charge in [0, 0.05) is 45.5 Å². The van der Waals surface area contributed by atoms with Crippen molar-refractivity contribution in [1.29, 1.82) is 0 Å². The van der Waals surface area contributed by atoms with Crippen molar-refractivity contribution in [2.45, 2.75) is 20.4 Å². The Hall–Kier alpha value is -1.13. The van der Waals surface area contributed by atoms with Crippen LogP contribution in [0.3, 0.4) is 0 Å². The van der Waals surface area contributed by atoms with Crippen LogP contribution in [-0.4, -0.2) is 42.6 Å². The molecular weight excluding hydrogens is 224 g/mol. The topological polar surface area (TPSA) is 45.4 Å². The standard InChI is InChI=1S/C14H24N4/c1-12(2)11-17-5-7-18(8-6-17)14-4-3-13(9-15)10-16-14/h3-4,10,12H,5-9,11,15H2,1-2H3. The van der Waals surface area contributed by atoms with Gasteiger partial charge in [0.25, 0.3) is 0 Å². The summed E-state index contributed by atoms with van der Waals surface area (Å²) < 4.78 is 0. The molecule has 1 aromatic heterocycles. The van der Waals surface area contributed by atoms with Crippen molar-refractivity contribution >= 4 is 5.82 Å². The van der Waals surface area contributed by atoms with Crippen LogP contribution in [0.25, 0.3) is 0 Å². The molecule has 2 N–H and O–H groups in total. The van der Waals surface area contributed by atoms with Crippen molar-refractivity contribution in [3.8, 4) is 0 Å². The lowest BCUT2D eigenvalue weighted by atomic mass is 10.2. The van der Waals surface area contributed by atoms with Crippen molar-refractivity contribution in [3.63, 3.8) is 0 Å². The Morgan fingerprint density at radius 3 is 2.44 bits per heavy atom. The highest BCUT2D eigenvalue weighted by Crippen LogP contribution is 2.14. The Morgan fingerprint density at radius 1 is 1.22 bits per heavy atom. The number of anilines is 1. The molecule has 0 atom stereocenters. The molecule has 0 amide bonds. The Morgan fingerprint density at radius 2 is 1.94 bits per heavy atom. The lowest BCUT2D eigenvalue weighted by Crippen LogP contribution is -2.47. The number of piperazine rings is 1. The minimum atomic E-state index is 0.565. The van der Waals surface area contributed by atoms with Gasteiger partial charge in [0.15, 0.2) is 0 Å². The Bertz CT molecular complexity index is 353. The van der Waals surface area contributed by atoms with E-state index in [0.717, 1.165) is 43.5 Å². The van der Waals surface area contributed by atoms with Gasteiger partial charge in [-0.2, -0.15) is 0 Å². The molecule has 0 aliphatic carbocycles. The summed E-state index contributed by atoms with van der Waals surface area (Å²) in [4.78, 5) is 9.38. The Kier molecular flexibility index (Phi) is 4.55. The normalized spacial score (nSPS) is 17.4. The summed E-state index contributed by atoms with van der Waals surface area (Å²) in [6, 6.07) is 4.16. The van der Waals surface area contributed by atoms with Gasteiger partial charge in [0.2, 0.25) is 0 Å². The number of rotatable bonds is 4. The van der Waals surface area contributed by atoms with E-state index in [-0.39, 0.29) is 0 Å². The lowest BCUT2D eigenvalue weighted by molar-refractivity contribution is 0.231. The van der Waals surface area contributed by atoms with Gasteiger partial charge in [-0.1, -0.05) is 19.9 Å². The Balaban J connectivity index is 1.88. The summed E-state index contributed by atoms with van der Waals surface area (Å²) in [6.45, 7) is 10.7. The first kappa shape index (κ1) is 13.3. The first-order valence-corrected chi connectivity index (χ1v) is 6.81. The predicted molar refractivity (Wildman–Crippen MR) is 75.6 cm³/mol. The fraction of sp³-hybridized carbons (Fsp3) is 0.643. The van der Waals surface area contributed by atoms with Gasteiger partial charge in [0.1, 0.15) is 5.82 Å². The molecular formula is C14H24N4. The van der Waals surface area contributed by atoms with Crippen LogP contribution in [0.4, 0.5) is 5.82 Å². The van der Waals surface area contributed by atoms with Crippen LogP contribution in [-0.2, 0) is 6.54 Å². The molecule has 18 heavy (non-hydrogen) atoms. The van der Waals surface area contributed by atoms with E-state index in [9.17, 15) is 0 Å². The van der Waals surface area contributed by atoms with E-state index in [1.54, 1.807) is 0 Å². The van der Waals surface area contributed by atoms with E-state index in [1.165, 1.54) is 6.54 Å². The van der Waals surface area contributed by atoms with Crippen LogP contribution in [0, 0.1) is 5.92 Å². The van der Waals surface area contributed by atoms with Gasteiger partial charge in [-0.05, 0) is 17.5 Å². The SMILES string of the molecule is CC(C)CN1CCN(c2ccc(CN)cn2)CC1. The Labute approximate surface area is 110 Å². The number of nitrogens with zero attached hydrogens (tertiary/aromatic N) is 3. The van der Waals surface area contributed by atoms with E-state index in [1.807, 2.05) is 6.20 Å². The summed E-state index contributed by atoms with van der Waals surface area (Å²) in [5, 5.41) is 0. The smallest absolute Gasteiger partial charge is 0.128 e. The molecule has 1 aliphatic heterocycles. The van der Waals surface area contributed by atoms with E-state index < -0.39 is 0 Å². The van der Waals surface area contributed by atoms with Crippen molar-refractivity contribution in [2.24, 2.45) is 11.7 Å². The molecule has 0 bridgehead atoms. The summed E-state index contributed by atoms with van der Waals surface area (Å²) in [5.74, 6) is 1.83. The molecule has 0 unspecified atom stereocenters. The van der Waals surface area contributed by atoms with Gasteiger partial charge in [-0.15, -0.1) is 0 Å². The average Bonchev–Trinajstić information content (AvgIpc) is 2.39. The van der Waals surface area contributed by atoms with Crippen LogP contribution in [0.2, 0.25) is 0 Å². The molecule has 0 radical (unpaired) electrons. The zero-order valence-electron chi connectivity index (χ0n) is 11.5. The molecule has 1 aromatic rings. The quantitative estimate of drug-likeness (QED) is 0.873. The predicted octanol–water partition coefficient (Wildman–Crippen LogP) is 1.32. The highest BCUT2D eigenvalue weighted by molar-refractivity contribution is 5.39. The minimum Gasteiger partial charge on any atom is -0.354 e. The number of hydrogen-bond donors (Lipinski definition) is 1. The highest BCUT2D eigenvalue weighted by atomic mass is 15.3. The minimum absolute atomic E-state index is 0.565. The van der Waals surface area contributed by atoms with Gasteiger partial charge >= 0.3 is 0 Å². The molecule has 4 heteroatoms. The number of nitrogens with two attached hydrogens (primary N) is 1. The van der Waals surface area contributed by atoms with Crippen molar-refractivity contribution in [1.82, 2.24) is 9.88 Å². The maximum atomic E-state index is 5.58. The number of aromatic nitrogens is 1. The van der Waals surface area contributed by atoms with E-state index in [0.29, 0.717) is 6.54 Å². The van der Waals surface area contributed by atoms with Crippen molar-refractivity contribution in [2.75, 3.05) is 37.6 Å². The van der Waals surface area contributed by atoms with Crippen molar-refractivity contribution < 1.29 is 0 Å². The molecule has 1 aliphatic rings. The number of pyridine rings is 1. The fourth-order valence-electron chi connectivity index (χ4n) is 2.40. The van der Waals surface area contributed by atoms with Gasteiger partial charge in [0.05, 0.1) is 0 Å². The monoisotopic (exact) mass is 248 g/mol. The second-order valence-corrected chi connectivity index (χ2v) is 5.41. The maximum Gasteiger partial charge on any atom is 0.128 e. The van der Waals surface area contributed by atoms with Gasteiger partial charge in [-0.25, -0.2) is 4.98 Å².